The molecule has 2 unspecified atom stereocenters. The van der Waals surface area contributed by atoms with Crippen molar-refractivity contribution < 1.29 is 0 Å². The van der Waals surface area contributed by atoms with Crippen LogP contribution < -0.4 is 0 Å². The number of hydrogen-bond acceptors (Lipinski definition) is 1. The third-order valence-corrected chi connectivity index (χ3v) is 3.21. The molecule has 0 N–H and O–H groups in total. The van der Waals surface area contributed by atoms with Crippen molar-refractivity contribution in [1.82, 2.24) is 9.55 Å². The standard InChI is InChI=1S/C12H22N2/c1-5-11(4)12(10(2)3)8-14-7-6-13-9-14/h6-7,9-12H,5,8H2,1-4H3. The highest BCUT2D eigenvalue weighted by Crippen LogP contribution is 2.24. The van der Waals surface area contributed by atoms with Gasteiger partial charge in [0.2, 0.25) is 0 Å². The fourth-order valence-electron chi connectivity index (χ4n) is 1.99. The van der Waals surface area contributed by atoms with Crippen LogP contribution in [0.3, 0.4) is 0 Å². The van der Waals surface area contributed by atoms with E-state index in [0.717, 1.165) is 24.3 Å². The zero-order valence-corrected chi connectivity index (χ0v) is 9.77. The van der Waals surface area contributed by atoms with Crippen LogP contribution in [-0.4, -0.2) is 9.55 Å². The molecular formula is C12H22N2. The summed E-state index contributed by atoms with van der Waals surface area (Å²) < 4.78 is 2.19. The van der Waals surface area contributed by atoms with Gasteiger partial charge in [0.05, 0.1) is 6.33 Å². The summed E-state index contributed by atoms with van der Waals surface area (Å²) in [5.41, 5.74) is 0. The van der Waals surface area contributed by atoms with Crippen molar-refractivity contribution in [2.75, 3.05) is 0 Å². The van der Waals surface area contributed by atoms with Gasteiger partial charge in [-0.3, -0.25) is 0 Å². The second-order valence-corrected chi connectivity index (χ2v) is 4.55. The Labute approximate surface area is 87.4 Å². The Kier molecular flexibility index (Phi) is 4.18. The van der Waals surface area contributed by atoms with Gasteiger partial charge in [0.1, 0.15) is 0 Å². The number of hydrogen-bond donors (Lipinski definition) is 0. The van der Waals surface area contributed by atoms with Crippen LogP contribution in [0, 0.1) is 17.8 Å². The van der Waals surface area contributed by atoms with Crippen LogP contribution in [0.4, 0.5) is 0 Å². The summed E-state index contributed by atoms with van der Waals surface area (Å²) in [6, 6.07) is 0. The Morgan fingerprint density at radius 3 is 2.43 bits per heavy atom. The molecule has 0 amide bonds. The summed E-state index contributed by atoms with van der Waals surface area (Å²) in [5.74, 6) is 2.29. The minimum Gasteiger partial charge on any atom is -0.337 e. The van der Waals surface area contributed by atoms with Gasteiger partial charge in [-0.25, -0.2) is 4.98 Å². The first-order valence-electron chi connectivity index (χ1n) is 5.60. The van der Waals surface area contributed by atoms with E-state index in [4.69, 9.17) is 0 Å². The molecule has 2 heteroatoms. The number of aromatic nitrogens is 2. The summed E-state index contributed by atoms with van der Waals surface area (Å²) >= 11 is 0. The lowest BCUT2D eigenvalue weighted by Crippen LogP contribution is -2.22. The average molecular weight is 194 g/mol. The largest absolute Gasteiger partial charge is 0.337 e. The lowest BCUT2D eigenvalue weighted by molar-refractivity contribution is 0.231. The summed E-state index contributed by atoms with van der Waals surface area (Å²) in [6.45, 7) is 10.4. The maximum atomic E-state index is 4.08. The topological polar surface area (TPSA) is 17.8 Å². The van der Waals surface area contributed by atoms with Crippen molar-refractivity contribution >= 4 is 0 Å². The molecule has 1 aromatic rings. The molecule has 0 saturated heterocycles. The molecule has 1 heterocycles. The van der Waals surface area contributed by atoms with Gasteiger partial charge < -0.3 is 4.57 Å². The Hall–Kier alpha value is -0.790. The van der Waals surface area contributed by atoms with E-state index in [9.17, 15) is 0 Å². The first-order valence-corrected chi connectivity index (χ1v) is 5.60. The van der Waals surface area contributed by atoms with E-state index in [1.807, 2.05) is 12.5 Å². The van der Waals surface area contributed by atoms with Crippen LogP contribution in [0.5, 0.6) is 0 Å². The molecular weight excluding hydrogens is 172 g/mol. The molecule has 14 heavy (non-hydrogen) atoms. The van der Waals surface area contributed by atoms with Crippen molar-refractivity contribution in [3.05, 3.63) is 18.7 Å². The third-order valence-electron chi connectivity index (χ3n) is 3.21. The van der Waals surface area contributed by atoms with Crippen molar-refractivity contribution in [3.8, 4) is 0 Å². The lowest BCUT2D eigenvalue weighted by atomic mass is 9.83. The van der Waals surface area contributed by atoms with Crippen LogP contribution in [0.25, 0.3) is 0 Å². The fourth-order valence-corrected chi connectivity index (χ4v) is 1.99. The van der Waals surface area contributed by atoms with Gasteiger partial charge in [-0.05, 0) is 17.8 Å². The highest BCUT2D eigenvalue weighted by atomic mass is 15.0. The molecule has 2 nitrogen and oxygen atoms in total. The Morgan fingerprint density at radius 1 is 1.29 bits per heavy atom. The summed E-state index contributed by atoms with van der Waals surface area (Å²) in [7, 11) is 0. The van der Waals surface area contributed by atoms with Gasteiger partial charge in [-0.15, -0.1) is 0 Å². The Bertz CT molecular complexity index is 239. The van der Waals surface area contributed by atoms with Gasteiger partial charge in [-0.1, -0.05) is 34.1 Å². The second-order valence-electron chi connectivity index (χ2n) is 4.55. The molecule has 1 rings (SSSR count). The molecule has 0 aliphatic carbocycles. The lowest BCUT2D eigenvalue weighted by Gasteiger charge is -2.26. The van der Waals surface area contributed by atoms with Gasteiger partial charge in [0.15, 0.2) is 0 Å². The summed E-state index contributed by atoms with van der Waals surface area (Å²) in [4.78, 5) is 4.08. The first kappa shape index (κ1) is 11.3. The van der Waals surface area contributed by atoms with E-state index in [0.29, 0.717) is 0 Å². The van der Waals surface area contributed by atoms with E-state index in [1.54, 1.807) is 0 Å². The number of imidazole rings is 1. The number of nitrogens with zero attached hydrogens (tertiary/aromatic N) is 2. The van der Waals surface area contributed by atoms with Crippen LogP contribution in [0.1, 0.15) is 34.1 Å². The van der Waals surface area contributed by atoms with E-state index in [-0.39, 0.29) is 0 Å². The van der Waals surface area contributed by atoms with Crippen molar-refractivity contribution in [2.45, 2.75) is 40.7 Å². The van der Waals surface area contributed by atoms with Gasteiger partial charge in [-0.2, -0.15) is 0 Å². The monoisotopic (exact) mass is 194 g/mol. The van der Waals surface area contributed by atoms with E-state index in [1.165, 1.54) is 6.42 Å². The molecule has 0 aliphatic rings. The van der Waals surface area contributed by atoms with Crippen LogP contribution >= 0.6 is 0 Å². The van der Waals surface area contributed by atoms with E-state index in [2.05, 4.69) is 43.4 Å². The zero-order valence-electron chi connectivity index (χ0n) is 9.77. The van der Waals surface area contributed by atoms with Gasteiger partial charge in [0, 0.05) is 18.9 Å². The molecule has 0 radical (unpaired) electrons. The fraction of sp³-hybridized carbons (Fsp3) is 0.750. The van der Waals surface area contributed by atoms with Gasteiger partial charge in [0.25, 0.3) is 0 Å². The maximum absolute atomic E-state index is 4.08. The minimum absolute atomic E-state index is 0.743. The minimum atomic E-state index is 0.743. The molecule has 0 aromatic carbocycles. The average Bonchev–Trinajstić information content (AvgIpc) is 2.65. The van der Waals surface area contributed by atoms with Gasteiger partial charge >= 0.3 is 0 Å². The predicted molar refractivity (Wildman–Crippen MR) is 60.0 cm³/mol. The number of rotatable bonds is 5. The zero-order chi connectivity index (χ0) is 10.6. The van der Waals surface area contributed by atoms with E-state index >= 15 is 0 Å². The molecule has 1 aromatic heterocycles. The molecule has 0 bridgehead atoms. The first-order chi connectivity index (χ1) is 6.65. The molecule has 0 fully saturated rings. The molecule has 0 spiro atoms. The molecule has 2 atom stereocenters. The Balaban J connectivity index is 2.60. The van der Waals surface area contributed by atoms with Crippen LogP contribution in [0.15, 0.2) is 18.7 Å². The normalized spacial score (nSPS) is 15.8. The van der Waals surface area contributed by atoms with Crippen molar-refractivity contribution in [1.29, 1.82) is 0 Å². The second kappa shape index (κ2) is 5.18. The van der Waals surface area contributed by atoms with E-state index < -0.39 is 0 Å². The quantitative estimate of drug-likeness (QED) is 0.704. The summed E-state index contributed by atoms with van der Waals surface area (Å²) in [6.07, 6.45) is 7.08. The molecule has 0 saturated carbocycles. The van der Waals surface area contributed by atoms with Crippen LogP contribution in [-0.2, 0) is 6.54 Å². The SMILES string of the molecule is CCC(C)C(Cn1ccnc1)C(C)C. The van der Waals surface area contributed by atoms with Crippen LogP contribution in [0.2, 0.25) is 0 Å². The van der Waals surface area contributed by atoms with Crippen molar-refractivity contribution in [2.24, 2.45) is 17.8 Å². The third kappa shape index (κ3) is 2.86. The predicted octanol–water partition coefficient (Wildman–Crippen LogP) is 3.20. The Morgan fingerprint density at radius 2 is 2.00 bits per heavy atom. The van der Waals surface area contributed by atoms with Crippen molar-refractivity contribution in [3.63, 3.8) is 0 Å². The maximum Gasteiger partial charge on any atom is 0.0945 e. The highest BCUT2D eigenvalue weighted by Gasteiger charge is 2.19. The smallest absolute Gasteiger partial charge is 0.0945 e. The molecule has 80 valence electrons. The summed E-state index contributed by atoms with van der Waals surface area (Å²) in [5, 5.41) is 0. The highest BCUT2D eigenvalue weighted by molar-refractivity contribution is 4.78. The molecule has 0 aliphatic heterocycles.